The Balaban J connectivity index is 1.08. The fraction of sp³-hybridized carbons (Fsp3) is 0.226. The zero-order valence-electron chi connectivity index (χ0n) is 22.3. The number of aromatic nitrogens is 4. The van der Waals surface area contributed by atoms with Gasteiger partial charge in [-0.1, -0.05) is 48.5 Å². The molecule has 0 saturated carbocycles. The van der Waals surface area contributed by atoms with E-state index in [1.165, 1.54) is 15.7 Å². The van der Waals surface area contributed by atoms with Crippen LogP contribution in [0.2, 0.25) is 0 Å². The maximum absolute atomic E-state index is 12.8. The molecule has 3 heterocycles. The number of nitrogens with one attached hydrogen (secondary N) is 2. The highest BCUT2D eigenvalue weighted by atomic mass is 16.2. The van der Waals surface area contributed by atoms with E-state index in [4.69, 9.17) is 0 Å². The number of hydrogen-bond donors (Lipinski definition) is 2. The molecule has 40 heavy (non-hydrogen) atoms. The number of aromatic amines is 1. The van der Waals surface area contributed by atoms with Crippen LogP contribution in [0.3, 0.4) is 0 Å². The largest absolute Gasteiger partial charge is 0.367 e. The number of amides is 1. The maximum Gasteiger partial charge on any atom is 0.330 e. The summed E-state index contributed by atoms with van der Waals surface area (Å²) in [5.41, 5.74) is 6.14. The van der Waals surface area contributed by atoms with Crippen LogP contribution in [0.1, 0.15) is 39.5 Å². The minimum atomic E-state index is -0.494. The van der Waals surface area contributed by atoms with E-state index in [-0.39, 0.29) is 12.5 Å². The molecule has 0 aliphatic carbocycles. The van der Waals surface area contributed by atoms with Gasteiger partial charge in [-0.05, 0) is 59.9 Å². The summed E-state index contributed by atoms with van der Waals surface area (Å²) in [5.74, 6) is -0.131. The van der Waals surface area contributed by atoms with E-state index in [0.29, 0.717) is 29.8 Å². The van der Waals surface area contributed by atoms with E-state index in [0.717, 1.165) is 36.3 Å². The molecule has 9 nitrogen and oxygen atoms in total. The highest BCUT2D eigenvalue weighted by Gasteiger charge is 2.17. The summed E-state index contributed by atoms with van der Waals surface area (Å²) >= 11 is 0. The number of fused-ring (bicyclic) bond motifs is 2. The van der Waals surface area contributed by atoms with Crippen molar-refractivity contribution in [2.24, 2.45) is 0 Å². The summed E-state index contributed by atoms with van der Waals surface area (Å²) in [4.78, 5) is 46.6. The SMILES string of the molecule is CCn1cnc2c1c(=O)[nH]c(=O)n2Cc1ccc(CNC(=O)c2ccc(N3CCc4ccccc4C3)cc2)cc1. The summed E-state index contributed by atoms with van der Waals surface area (Å²) in [6.07, 6.45) is 2.59. The molecule has 0 atom stereocenters. The Bertz CT molecular complexity index is 1800. The van der Waals surface area contributed by atoms with Crippen LogP contribution in [-0.2, 0) is 32.6 Å². The topological polar surface area (TPSA) is 105 Å². The van der Waals surface area contributed by atoms with Gasteiger partial charge < -0.3 is 14.8 Å². The number of nitrogens with zero attached hydrogens (tertiary/aromatic N) is 4. The van der Waals surface area contributed by atoms with Crippen LogP contribution in [0.25, 0.3) is 11.2 Å². The van der Waals surface area contributed by atoms with Crippen LogP contribution in [0.15, 0.2) is 88.7 Å². The number of hydrogen-bond acceptors (Lipinski definition) is 5. The summed E-state index contributed by atoms with van der Waals surface area (Å²) < 4.78 is 3.18. The van der Waals surface area contributed by atoms with Gasteiger partial charge >= 0.3 is 5.69 Å². The minimum absolute atomic E-state index is 0.131. The van der Waals surface area contributed by atoms with Crippen molar-refractivity contribution in [1.82, 2.24) is 24.4 Å². The van der Waals surface area contributed by atoms with E-state index in [1.807, 2.05) is 55.5 Å². The zero-order chi connectivity index (χ0) is 27.6. The van der Waals surface area contributed by atoms with Gasteiger partial charge in [-0.25, -0.2) is 9.78 Å². The Kier molecular flexibility index (Phi) is 6.77. The first kappa shape index (κ1) is 25.4. The van der Waals surface area contributed by atoms with Gasteiger partial charge in [-0.3, -0.25) is 19.1 Å². The van der Waals surface area contributed by atoms with E-state index in [2.05, 4.69) is 44.5 Å². The second-order valence-electron chi connectivity index (χ2n) is 10.0. The van der Waals surface area contributed by atoms with E-state index < -0.39 is 11.2 Å². The van der Waals surface area contributed by atoms with Gasteiger partial charge in [0.05, 0.1) is 12.9 Å². The van der Waals surface area contributed by atoms with Crippen molar-refractivity contribution in [2.45, 2.75) is 39.5 Å². The molecule has 0 radical (unpaired) electrons. The number of carbonyl (C=O) groups excluding carboxylic acids is 1. The average Bonchev–Trinajstić information content (AvgIpc) is 3.43. The summed E-state index contributed by atoms with van der Waals surface area (Å²) in [7, 11) is 0. The monoisotopic (exact) mass is 534 g/mol. The molecule has 1 amide bonds. The molecule has 0 spiro atoms. The third-order valence-electron chi connectivity index (χ3n) is 7.54. The molecule has 1 aliphatic rings. The lowest BCUT2D eigenvalue weighted by atomic mass is 9.99. The van der Waals surface area contributed by atoms with Crippen LogP contribution in [-0.4, -0.2) is 31.6 Å². The molecule has 9 heteroatoms. The molecule has 2 aromatic heterocycles. The standard InChI is InChI=1S/C31H30N6O3/c1-2-35-20-33-28-27(35)30(39)34-31(40)37(28)18-22-9-7-21(8-10-22)17-32-29(38)24-11-13-26(14-12-24)36-16-15-23-5-3-4-6-25(23)19-36/h3-14,20H,2,15-19H2,1H3,(H,32,38)(H,34,39,40). The first-order valence-electron chi connectivity index (χ1n) is 13.5. The fourth-order valence-corrected chi connectivity index (χ4v) is 5.28. The predicted molar refractivity (Wildman–Crippen MR) is 155 cm³/mol. The van der Waals surface area contributed by atoms with Crippen molar-refractivity contribution in [1.29, 1.82) is 0 Å². The van der Waals surface area contributed by atoms with Gasteiger partial charge in [-0.15, -0.1) is 0 Å². The van der Waals surface area contributed by atoms with Gasteiger partial charge in [0.2, 0.25) is 0 Å². The molecule has 0 fully saturated rings. The highest BCUT2D eigenvalue weighted by Crippen LogP contribution is 2.24. The van der Waals surface area contributed by atoms with Gasteiger partial charge in [0.25, 0.3) is 11.5 Å². The van der Waals surface area contributed by atoms with Crippen LogP contribution in [0.4, 0.5) is 5.69 Å². The van der Waals surface area contributed by atoms with Gasteiger partial charge in [-0.2, -0.15) is 0 Å². The average molecular weight is 535 g/mol. The molecular weight excluding hydrogens is 504 g/mol. The number of aryl methyl sites for hydroxylation is 1. The second-order valence-corrected chi connectivity index (χ2v) is 10.0. The van der Waals surface area contributed by atoms with Gasteiger partial charge in [0, 0.05) is 37.4 Å². The van der Waals surface area contributed by atoms with Crippen molar-refractivity contribution in [3.63, 3.8) is 0 Å². The third kappa shape index (κ3) is 4.93. The van der Waals surface area contributed by atoms with Crippen LogP contribution in [0, 0.1) is 0 Å². The first-order chi connectivity index (χ1) is 19.5. The van der Waals surface area contributed by atoms with Crippen LogP contribution < -0.4 is 21.5 Å². The molecule has 5 aromatic rings. The molecule has 3 aromatic carbocycles. The smallest absolute Gasteiger partial charge is 0.330 e. The Hall–Kier alpha value is -4.92. The summed E-state index contributed by atoms with van der Waals surface area (Å²) in [6.45, 7) is 4.99. The number of anilines is 1. The summed E-state index contributed by atoms with van der Waals surface area (Å²) in [6, 6.07) is 24.0. The van der Waals surface area contributed by atoms with E-state index in [1.54, 1.807) is 10.9 Å². The number of rotatable bonds is 7. The highest BCUT2D eigenvalue weighted by molar-refractivity contribution is 5.94. The lowest BCUT2D eigenvalue weighted by Crippen LogP contribution is -2.31. The number of imidazole rings is 1. The lowest BCUT2D eigenvalue weighted by Gasteiger charge is -2.30. The van der Waals surface area contributed by atoms with Crippen molar-refractivity contribution >= 4 is 22.8 Å². The van der Waals surface area contributed by atoms with Crippen molar-refractivity contribution in [3.8, 4) is 0 Å². The third-order valence-corrected chi connectivity index (χ3v) is 7.54. The molecule has 202 valence electrons. The Morgan fingerprint density at radius 1 is 0.950 bits per heavy atom. The Morgan fingerprint density at radius 2 is 1.68 bits per heavy atom. The first-order valence-corrected chi connectivity index (χ1v) is 13.5. The van der Waals surface area contributed by atoms with Crippen LogP contribution >= 0.6 is 0 Å². The number of carbonyl (C=O) groups is 1. The fourth-order valence-electron chi connectivity index (χ4n) is 5.28. The van der Waals surface area contributed by atoms with Crippen molar-refractivity contribution in [2.75, 3.05) is 11.4 Å². The van der Waals surface area contributed by atoms with E-state index in [9.17, 15) is 14.4 Å². The van der Waals surface area contributed by atoms with Crippen LogP contribution in [0.5, 0.6) is 0 Å². The predicted octanol–water partition coefficient (Wildman–Crippen LogP) is 3.45. The molecule has 1 aliphatic heterocycles. The maximum atomic E-state index is 12.8. The van der Waals surface area contributed by atoms with Gasteiger partial charge in [0.15, 0.2) is 11.2 Å². The molecule has 0 saturated heterocycles. The Morgan fingerprint density at radius 3 is 2.42 bits per heavy atom. The zero-order valence-corrected chi connectivity index (χ0v) is 22.3. The molecule has 2 N–H and O–H groups in total. The summed E-state index contributed by atoms with van der Waals surface area (Å²) in [5, 5.41) is 2.98. The molecule has 0 unspecified atom stereocenters. The molecule has 0 bridgehead atoms. The normalized spacial score (nSPS) is 12.9. The van der Waals surface area contributed by atoms with E-state index >= 15 is 0 Å². The lowest BCUT2D eigenvalue weighted by molar-refractivity contribution is 0.0951. The second kappa shape index (κ2) is 10.7. The van der Waals surface area contributed by atoms with Gasteiger partial charge in [0.1, 0.15) is 0 Å². The number of H-pyrrole nitrogens is 1. The molecular formula is C31H30N6O3. The quantitative estimate of drug-likeness (QED) is 0.333. The van der Waals surface area contributed by atoms with Crippen molar-refractivity contribution < 1.29 is 4.79 Å². The van der Waals surface area contributed by atoms with Crippen molar-refractivity contribution in [3.05, 3.63) is 128 Å². The Labute approximate surface area is 230 Å². The minimum Gasteiger partial charge on any atom is -0.367 e. The molecule has 6 rings (SSSR count). The number of benzene rings is 3.